The average molecular weight is 250 g/mol. The van der Waals surface area contributed by atoms with Crippen LogP contribution in [0.4, 0.5) is 0 Å². The van der Waals surface area contributed by atoms with Gasteiger partial charge < -0.3 is 14.6 Å². The van der Waals surface area contributed by atoms with Crippen LogP contribution in [0.15, 0.2) is 24.3 Å². The zero-order chi connectivity index (χ0) is 13.2. The van der Waals surface area contributed by atoms with E-state index in [1.165, 1.54) is 0 Å². The van der Waals surface area contributed by atoms with Crippen LogP contribution >= 0.6 is 0 Å². The van der Waals surface area contributed by atoms with Crippen molar-refractivity contribution in [1.82, 2.24) is 0 Å². The summed E-state index contributed by atoms with van der Waals surface area (Å²) in [5, 5.41) is 10.5. The molecule has 1 aromatic rings. The average Bonchev–Trinajstić information content (AvgIpc) is 2.26. The van der Waals surface area contributed by atoms with Crippen LogP contribution in [0.25, 0.3) is 0 Å². The maximum atomic E-state index is 10.5. The van der Waals surface area contributed by atoms with Gasteiger partial charge in [-0.1, -0.05) is 12.1 Å². The van der Waals surface area contributed by atoms with E-state index in [4.69, 9.17) is 9.47 Å². The molecule has 1 aliphatic rings. The Morgan fingerprint density at radius 1 is 1.39 bits per heavy atom. The monoisotopic (exact) mass is 250 g/mol. The molecule has 3 heteroatoms. The molecule has 2 rings (SSSR count). The van der Waals surface area contributed by atoms with Crippen LogP contribution in [0.1, 0.15) is 39.2 Å². The summed E-state index contributed by atoms with van der Waals surface area (Å²) in [5.41, 5.74) is 0.188. The van der Waals surface area contributed by atoms with Crippen molar-refractivity contribution in [3.63, 3.8) is 0 Å². The van der Waals surface area contributed by atoms with Crippen LogP contribution < -0.4 is 4.74 Å². The fourth-order valence-electron chi connectivity index (χ4n) is 2.41. The first-order valence-corrected chi connectivity index (χ1v) is 6.64. The zero-order valence-electron chi connectivity index (χ0n) is 11.3. The summed E-state index contributed by atoms with van der Waals surface area (Å²) in [5.74, 6) is 0.816. The third-order valence-corrected chi connectivity index (χ3v) is 3.28. The fraction of sp³-hybridized carbons (Fsp3) is 0.600. The van der Waals surface area contributed by atoms with Crippen LogP contribution in [0.2, 0.25) is 0 Å². The lowest BCUT2D eigenvalue weighted by molar-refractivity contribution is -0.142. The van der Waals surface area contributed by atoms with E-state index in [1.54, 1.807) is 0 Å². The smallest absolute Gasteiger partial charge is 0.120 e. The van der Waals surface area contributed by atoms with E-state index in [1.807, 2.05) is 45.0 Å². The summed E-state index contributed by atoms with van der Waals surface area (Å²) in [6, 6.07) is 7.74. The lowest BCUT2D eigenvalue weighted by atomic mass is 9.73. The highest BCUT2D eigenvalue weighted by atomic mass is 16.5. The molecule has 1 N–H and O–H groups in total. The minimum atomic E-state index is -0.740. The molecule has 1 aliphatic carbocycles. The predicted octanol–water partition coefficient (Wildman–Crippen LogP) is 2.86. The maximum absolute atomic E-state index is 10.5. The molecule has 0 amide bonds. The van der Waals surface area contributed by atoms with Gasteiger partial charge in [0.2, 0.25) is 0 Å². The molecular formula is C15H22O3. The fourth-order valence-corrected chi connectivity index (χ4v) is 2.41. The number of ether oxygens (including phenoxy) is 2. The first-order valence-electron chi connectivity index (χ1n) is 6.64. The lowest BCUT2D eigenvalue weighted by Gasteiger charge is -2.43. The summed E-state index contributed by atoms with van der Waals surface area (Å²) in [6.45, 7) is 6.68. The molecule has 0 aromatic heterocycles. The molecule has 0 aliphatic heterocycles. The van der Waals surface area contributed by atoms with E-state index >= 15 is 0 Å². The summed E-state index contributed by atoms with van der Waals surface area (Å²) >= 11 is 0. The molecule has 100 valence electrons. The second-order valence-electron chi connectivity index (χ2n) is 5.21. The number of hydrogen-bond acceptors (Lipinski definition) is 3. The van der Waals surface area contributed by atoms with Gasteiger partial charge in [0.05, 0.1) is 17.8 Å². The zero-order valence-corrected chi connectivity index (χ0v) is 11.3. The molecule has 0 spiro atoms. The van der Waals surface area contributed by atoms with Gasteiger partial charge in [0, 0.05) is 19.4 Å². The number of aliphatic hydroxyl groups is 1. The Hall–Kier alpha value is -1.06. The van der Waals surface area contributed by atoms with Crippen LogP contribution in [0.3, 0.4) is 0 Å². The first kappa shape index (κ1) is 13.4. The van der Waals surface area contributed by atoms with E-state index < -0.39 is 5.60 Å². The van der Waals surface area contributed by atoms with Crippen molar-refractivity contribution >= 4 is 0 Å². The van der Waals surface area contributed by atoms with Gasteiger partial charge in [0.1, 0.15) is 5.75 Å². The Labute approximate surface area is 109 Å². The van der Waals surface area contributed by atoms with Crippen molar-refractivity contribution in [2.45, 2.75) is 51.4 Å². The van der Waals surface area contributed by atoms with Crippen LogP contribution in [-0.4, -0.2) is 23.9 Å². The number of benzene rings is 1. The van der Waals surface area contributed by atoms with E-state index in [2.05, 4.69) is 0 Å². The van der Waals surface area contributed by atoms with Crippen molar-refractivity contribution in [2.24, 2.45) is 0 Å². The quantitative estimate of drug-likeness (QED) is 0.873. The summed E-state index contributed by atoms with van der Waals surface area (Å²) in [4.78, 5) is 0. The molecule has 0 radical (unpaired) electrons. The van der Waals surface area contributed by atoms with E-state index in [9.17, 15) is 5.11 Å². The van der Waals surface area contributed by atoms with Gasteiger partial charge in [-0.05, 0) is 38.5 Å². The van der Waals surface area contributed by atoms with Crippen molar-refractivity contribution in [3.8, 4) is 5.75 Å². The van der Waals surface area contributed by atoms with Gasteiger partial charge in [-0.15, -0.1) is 0 Å². The second kappa shape index (κ2) is 5.29. The molecule has 0 heterocycles. The normalized spacial score (nSPS) is 27.1. The Kier molecular flexibility index (Phi) is 3.93. The molecule has 1 saturated carbocycles. The molecule has 0 bridgehead atoms. The largest absolute Gasteiger partial charge is 0.491 e. The molecule has 0 unspecified atom stereocenters. The van der Waals surface area contributed by atoms with E-state index in [0.717, 1.165) is 11.3 Å². The molecule has 1 fully saturated rings. The SMILES string of the molecule is CCOC1CC(O)(c2cccc(OC(C)C)c2)C1. The first-order chi connectivity index (χ1) is 8.53. The minimum Gasteiger partial charge on any atom is -0.491 e. The summed E-state index contributed by atoms with van der Waals surface area (Å²) in [6.07, 6.45) is 1.68. The van der Waals surface area contributed by atoms with Gasteiger partial charge in [-0.2, -0.15) is 0 Å². The Balaban J connectivity index is 2.05. The highest BCUT2D eigenvalue weighted by molar-refractivity contribution is 5.34. The lowest BCUT2D eigenvalue weighted by Crippen LogP contribution is -2.45. The highest BCUT2D eigenvalue weighted by Crippen LogP contribution is 2.43. The van der Waals surface area contributed by atoms with Gasteiger partial charge in [-0.3, -0.25) is 0 Å². The van der Waals surface area contributed by atoms with Gasteiger partial charge in [0.15, 0.2) is 0 Å². The third kappa shape index (κ3) is 2.85. The Morgan fingerprint density at radius 3 is 2.72 bits per heavy atom. The van der Waals surface area contributed by atoms with E-state index in [0.29, 0.717) is 19.4 Å². The molecule has 0 atom stereocenters. The molecular weight excluding hydrogens is 228 g/mol. The van der Waals surface area contributed by atoms with Crippen molar-refractivity contribution in [3.05, 3.63) is 29.8 Å². The van der Waals surface area contributed by atoms with Gasteiger partial charge in [-0.25, -0.2) is 0 Å². The standard InChI is InChI=1S/C15H22O3/c1-4-17-14-9-15(16,10-14)12-6-5-7-13(8-12)18-11(2)3/h5-8,11,14,16H,4,9-10H2,1-3H3. The number of hydrogen-bond donors (Lipinski definition) is 1. The van der Waals surface area contributed by atoms with Crippen molar-refractivity contribution < 1.29 is 14.6 Å². The van der Waals surface area contributed by atoms with Crippen LogP contribution in [0, 0.1) is 0 Å². The van der Waals surface area contributed by atoms with Crippen LogP contribution in [-0.2, 0) is 10.3 Å². The third-order valence-electron chi connectivity index (χ3n) is 3.28. The highest BCUT2D eigenvalue weighted by Gasteiger charge is 2.44. The van der Waals surface area contributed by atoms with Gasteiger partial charge >= 0.3 is 0 Å². The Bertz CT molecular complexity index is 394. The molecule has 1 aromatic carbocycles. The second-order valence-corrected chi connectivity index (χ2v) is 5.21. The summed E-state index contributed by atoms with van der Waals surface area (Å²) in [7, 11) is 0. The topological polar surface area (TPSA) is 38.7 Å². The molecule has 3 nitrogen and oxygen atoms in total. The minimum absolute atomic E-state index is 0.146. The Morgan fingerprint density at radius 2 is 2.11 bits per heavy atom. The summed E-state index contributed by atoms with van der Waals surface area (Å²) < 4.78 is 11.1. The van der Waals surface area contributed by atoms with Crippen molar-refractivity contribution in [2.75, 3.05) is 6.61 Å². The van der Waals surface area contributed by atoms with Gasteiger partial charge in [0.25, 0.3) is 0 Å². The number of rotatable bonds is 5. The molecule has 18 heavy (non-hydrogen) atoms. The molecule has 0 saturated heterocycles. The predicted molar refractivity (Wildman–Crippen MR) is 70.8 cm³/mol. The van der Waals surface area contributed by atoms with E-state index in [-0.39, 0.29) is 12.2 Å². The maximum Gasteiger partial charge on any atom is 0.120 e. The van der Waals surface area contributed by atoms with Crippen LogP contribution in [0.5, 0.6) is 5.75 Å². The van der Waals surface area contributed by atoms with Crippen molar-refractivity contribution in [1.29, 1.82) is 0 Å².